The van der Waals surface area contributed by atoms with E-state index in [9.17, 15) is 0 Å². The maximum Gasteiger partial charge on any atom is 0.227 e. The Morgan fingerprint density at radius 1 is 1.05 bits per heavy atom. The van der Waals surface area contributed by atoms with Crippen molar-refractivity contribution < 1.29 is 4.74 Å². The Morgan fingerprint density at radius 2 is 1.81 bits per heavy atom. The van der Waals surface area contributed by atoms with E-state index in [1.165, 1.54) is 17.5 Å². The predicted molar refractivity (Wildman–Crippen MR) is 86.3 cm³/mol. The number of aryl methyl sites for hydroxylation is 2. The second-order valence-electron chi connectivity index (χ2n) is 5.39. The van der Waals surface area contributed by atoms with Crippen molar-refractivity contribution in [2.24, 2.45) is 0 Å². The lowest BCUT2D eigenvalue weighted by Crippen LogP contribution is -2.06. The van der Waals surface area contributed by atoms with E-state index >= 15 is 0 Å². The van der Waals surface area contributed by atoms with Crippen LogP contribution < -0.4 is 10.1 Å². The molecule has 0 amide bonds. The number of ether oxygens (including phenoxy) is 1. The first-order valence-electron chi connectivity index (χ1n) is 7.34. The highest BCUT2D eigenvalue weighted by molar-refractivity contribution is 5.50. The molecular formula is C17H23N3O. The molecule has 0 saturated carbocycles. The molecule has 4 nitrogen and oxygen atoms in total. The first-order chi connectivity index (χ1) is 10.0. The van der Waals surface area contributed by atoms with Gasteiger partial charge < -0.3 is 10.1 Å². The van der Waals surface area contributed by atoms with Crippen LogP contribution in [0.3, 0.4) is 0 Å². The van der Waals surface area contributed by atoms with Crippen molar-refractivity contribution in [2.75, 3.05) is 11.9 Å². The summed E-state index contributed by atoms with van der Waals surface area (Å²) in [6, 6.07) is 4.20. The third-order valence-corrected chi connectivity index (χ3v) is 3.55. The van der Waals surface area contributed by atoms with Crippen molar-refractivity contribution in [2.45, 2.75) is 41.0 Å². The molecule has 0 atom stereocenters. The molecule has 1 aromatic carbocycles. The summed E-state index contributed by atoms with van der Waals surface area (Å²) >= 11 is 0. The standard InChI is InChI=1S/C17H23N3O/c1-6-7-18-16-14(5)17(20-10-19-16)21-15-9-11(2)8-12(3)13(15)4/h8-10H,6-7H2,1-5H3,(H,18,19,20). The van der Waals surface area contributed by atoms with Crippen LogP contribution >= 0.6 is 0 Å². The molecule has 0 aliphatic rings. The van der Waals surface area contributed by atoms with Crippen molar-refractivity contribution in [3.8, 4) is 11.6 Å². The lowest BCUT2D eigenvalue weighted by atomic mass is 10.1. The average molecular weight is 285 g/mol. The van der Waals surface area contributed by atoms with Crippen molar-refractivity contribution >= 4 is 5.82 Å². The molecule has 0 fully saturated rings. The Hall–Kier alpha value is -2.10. The van der Waals surface area contributed by atoms with Gasteiger partial charge in [-0.3, -0.25) is 0 Å². The summed E-state index contributed by atoms with van der Waals surface area (Å²) < 4.78 is 6.03. The number of anilines is 1. The molecule has 1 N–H and O–H groups in total. The molecule has 112 valence electrons. The van der Waals surface area contributed by atoms with Crippen LogP contribution in [0.2, 0.25) is 0 Å². The minimum atomic E-state index is 0.608. The summed E-state index contributed by atoms with van der Waals surface area (Å²) in [5, 5.41) is 3.30. The van der Waals surface area contributed by atoms with E-state index in [4.69, 9.17) is 4.74 Å². The Labute approximate surface area is 126 Å². The van der Waals surface area contributed by atoms with Crippen LogP contribution in [0.1, 0.15) is 35.6 Å². The number of nitrogens with zero attached hydrogens (tertiary/aromatic N) is 2. The van der Waals surface area contributed by atoms with Gasteiger partial charge in [-0.15, -0.1) is 0 Å². The zero-order chi connectivity index (χ0) is 15.4. The number of hydrogen-bond acceptors (Lipinski definition) is 4. The highest BCUT2D eigenvalue weighted by Crippen LogP contribution is 2.30. The first kappa shape index (κ1) is 15.3. The number of benzene rings is 1. The van der Waals surface area contributed by atoms with E-state index in [1.54, 1.807) is 0 Å². The highest BCUT2D eigenvalue weighted by Gasteiger charge is 2.11. The first-order valence-corrected chi connectivity index (χ1v) is 7.34. The molecule has 2 rings (SSSR count). The van der Waals surface area contributed by atoms with E-state index in [-0.39, 0.29) is 0 Å². The van der Waals surface area contributed by atoms with Gasteiger partial charge in [-0.2, -0.15) is 0 Å². The van der Waals surface area contributed by atoms with Gasteiger partial charge in [0.25, 0.3) is 0 Å². The zero-order valence-electron chi connectivity index (χ0n) is 13.4. The van der Waals surface area contributed by atoms with Crippen molar-refractivity contribution in [1.82, 2.24) is 9.97 Å². The van der Waals surface area contributed by atoms with Gasteiger partial charge in [0.1, 0.15) is 17.9 Å². The lowest BCUT2D eigenvalue weighted by molar-refractivity contribution is 0.453. The van der Waals surface area contributed by atoms with Crippen LogP contribution in [0.25, 0.3) is 0 Å². The van der Waals surface area contributed by atoms with Crippen LogP contribution in [-0.4, -0.2) is 16.5 Å². The summed E-state index contributed by atoms with van der Waals surface area (Å²) in [7, 11) is 0. The van der Waals surface area contributed by atoms with Gasteiger partial charge in [0, 0.05) is 6.54 Å². The number of aromatic nitrogens is 2. The predicted octanol–water partition coefficient (Wildman–Crippen LogP) is 4.32. The van der Waals surface area contributed by atoms with Gasteiger partial charge >= 0.3 is 0 Å². The third kappa shape index (κ3) is 3.51. The van der Waals surface area contributed by atoms with Gasteiger partial charge in [0.2, 0.25) is 5.88 Å². The Kier molecular flexibility index (Phi) is 4.78. The van der Waals surface area contributed by atoms with E-state index < -0.39 is 0 Å². The topological polar surface area (TPSA) is 47.0 Å². The molecule has 0 saturated heterocycles. The smallest absolute Gasteiger partial charge is 0.227 e. The Balaban J connectivity index is 2.32. The molecule has 0 aliphatic carbocycles. The van der Waals surface area contributed by atoms with Crippen LogP contribution in [-0.2, 0) is 0 Å². The van der Waals surface area contributed by atoms with Crippen LogP contribution in [0.15, 0.2) is 18.5 Å². The molecule has 0 radical (unpaired) electrons. The summed E-state index contributed by atoms with van der Waals surface area (Å²) in [5.74, 6) is 2.30. The van der Waals surface area contributed by atoms with E-state index in [1.807, 2.05) is 13.0 Å². The van der Waals surface area contributed by atoms with Crippen molar-refractivity contribution in [1.29, 1.82) is 0 Å². The summed E-state index contributed by atoms with van der Waals surface area (Å²) in [5.41, 5.74) is 4.48. The molecule has 1 aromatic heterocycles. The molecule has 0 aliphatic heterocycles. The third-order valence-electron chi connectivity index (χ3n) is 3.55. The molecule has 21 heavy (non-hydrogen) atoms. The minimum absolute atomic E-state index is 0.608. The monoisotopic (exact) mass is 285 g/mol. The number of rotatable bonds is 5. The molecule has 0 unspecified atom stereocenters. The largest absolute Gasteiger partial charge is 0.438 e. The Morgan fingerprint density at radius 3 is 2.52 bits per heavy atom. The molecule has 0 bridgehead atoms. The fraction of sp³-hybridized carbons (Fsp3) is 0.412. The fourth-order valence-corrected chi connectivity index (χ4v) is 2.17. The minimum Gasteiger partial charge on any atom is -0.438 e. The van der Waals surface area contributed by atoms with Gasteiger partial charge in [-0.25, -0.2) is 9.97 Å². The van der Waals surface area contributed by atoms with E-state index in [2.05, 4.69) is 49.0 Å². The van der Waals surface area contributed by atoms with Gasteiger partial charge in [0.15, 0.2) is 0 Å². The summed E-state index contributed by atoms with van der Waals surface area (Å²) in [6.07, 6.45) is 2.59. The van der Waals surface area contributed by atoms with Crippen LogP contribution in [0.5, 0.6) is 11.6 Å². The SMILES string of the molecule is CCCNc1ncnc(Oc2cc(C)cc(C)c2C)c1C. The van der Waals surface area contributed by atoms with Crippen molar-refractivity contribution in [3.05, 3.63) is 40.7 Å². The highest BCUT2D eigenvalue weighted by atomic mass is 16.5. The number of hydrogen-bond donors (Lipinski definition) is 1. The van der Waals surface area contributed by atoms with E-state index in [0.29, 0.717) is 5.88 Å². The second-order valence-corrected chi connectivity index (χ2v) is 5.39. The Bertz CT molecular complexity index is 638. The zero-order valence-corrected chi connectivity index (χ0v) is 13.4. The molecule has 2 aromatic rings. The van der Waals surface area contributed by atoms with Crippen LogP contribution in [0.4, 0.5) is 5.82 Å². The summed E-state index contributed by atoms with van der Waals surface area (Å²) in [4.78, 5) is 8.54. The van der Waals surface area contributed by atoms with Crippen LogP contribution in [0, 0.1) is 27.7 Å². The quantitative estimate of drug-likeness (QED) is 0.888. The summed E-state index contributed by atoms with van der Waals surface area (Å²) in [6.45, 7) is 11.2. The second kappa shape index (κ2) is 6.57. The maximum atomic E-state index is 6.03. The normalized spacial score (nSPS) is 10.5. The van der Waals surface area contributed by atoms with Gasteiger partial charge in [0.05, 0.1) is 5.56 Å². The molecular weight excluding hydrogens is 262 g/mol. The van der Waals surface area contributed by atoms with E-state index in [0.717, 1.165) is 35.7 Å². The van der Waals surface area contributed by atoms with Gasteiger partial charge in [-0.05, 0) is 56.9 Å². The lowest BCUT2D eigenvalue weighted by Gasteiger charge is -2.14. The average Bonchev–Trinajstić information content (AvgIpc) is 2.45. The molecule has 4 heteroatoms. The van der Waals surface area contributed by atoms with Gasteiger partial charge in [-0.1, -0.05) is 13.0 Å². The number of nitrogens with one attached hydrogen (secondary N) is 1. The maximum absolute atomic E-state index is 6.03. The van der Waals surface area contributed by atoms with Crippen molar-refractivity contribution in [3.63, 3.8) is 0 Å². The fourth-order valence-electron chi connectivity index (χ4n) is 2.17. The molecule has 1 heterocycles. The molecule has 0 spiro atoms.